The molecule has 0 unspecified atom stereocenters. The number of piperidine rings is 2. The highest BCUT2D eigenvalue weighted by Gasteiger charge is 2.32. The number of benzene rings is 1. The highest BCUT2D eigenvalue weighted by Crippen LogP contribution is 2.31. The molecule has 4 rings (SSSR count). The fourth-order valence-electron chi connectivity index (χ4n) is 3.42. The Hall–Kier alpha value is -1.55. The second kappa shape index (κ2) is 4.53. The Balaban J connectivity index is 1.55. The van der Waals surface area contributed by atoms with Gasteiger partial charge in [-0.3, -0.25) is 0 Å². The van der Waals surface area contributed by atoms with E-state index in [0.717, 1.165) is 23.8 Å². The fraction of sp³-hybridized carbons (Fsp3) is 0.533. The molecular formula is C15H18N2O2. The summed E-state index contributed by atoms with van der Waals surface area (Å²) in [5, 5.41) is 8.72. The van der Waals surface area contributed by atoms with E-state index in [1.807, 2.05) is 24.3 Å². The third kappa shape index (κ3) is 2.10. The molecule has 4 nitrogen and oxygen atoms in total. The molecule has 2 aliphatic heterocycles. The van der Waals surface area contributed by atoms with E-state index in [9.17, 15) is 0 Å². The fourth-order valence-corrected chi connectivity index (χ4v) is 3.42. The Morgan fingerprint density at radius 2 is 1.95 bits per heavy atom. The molecule has 19 heavy (non-hydrogen) atoms. The second-order valence-electron chi connectivity index (χ2n) is 5.69. The van der Waals surface area contributed by atoms with Crippen molar-refractivity contribution in [1.82, 2.24) is 10.5 Å². The number of hydrogen-bond donors (Lipinski definition) is 1. The van der Waals surface area contributed by atoms with Gasteiger partial charge in [-0.15, -0.1) is 0 Å². The van der Waals surface area contributed by atoms with Crippen LogP contribution in [0.25, 0.3) is 11.0 Å². The average molecular weight is 258 g/mol. The lowest BCUT2D eigenvalue weighted by molar-refractivity contribution is 0.0868. The summed E-state index contributed by atoms with van der Waals surface area (Å²) in [6, 6.07) is 9.11. The zero-order valence-corrected chi connectivity index (χ0v) is 10.8. The van der Waals surface area contributed by atoms with Gasteiger partial charge in [-0.05, 0) is 43.0 Å². The molecule has 0 amide bonds. The smallest absolute Gasteiger partial charge is 0.262 e. The van der Waals surface area contributed by atoms with Gasteiger partial charge in [0.1, 0.15) is 6.10 Å². The molecule has 0 aliphatic carbocycles. The van der Waals surface area contributed by atoms with Crippen molar-refractivity contribution in [2.75, 3.05) is 0 Å². The topological polar surface area (TPSA) is 47.3 Å². The van der Waals surface area contributed by atoms with Crippen LogP contribution in [-0.4, -0.2) is 23.3 Å². The third-order valence-electron chi connectivity index (χ3n) is 4.29. The predicted molar refractivity (Wildman–Crippen MR) is 72.2 cm³/mol. The number of nitrogens with zero attached hydrogens (tertiary/aromatic N) is 1. The van der Waals surface area contributed by atoms with E-state index in [2.05, 4.69) is 10.5 Å². The normalized spacial score (nSPS) is 30.4. The number of fused-ring (bicyclic) bond motifs is 3. The SMILES string of the molecule is c1ccc2c(O[C@@H]3C[C@H]4CCC[C@@H](C3)N4)noc2c1. The van der Waals surface area contributed by atoms with Gasteiger partial charge in [0, 0.05) is 12.1 Å². The van der Waals surface area contributed by atoms with Crippen LogP contribution in [-0.2, 0) is 0 Å². The molecule has 2 aromatic rings. The number of hydrogen-bond acceptors (Lipinski definition) is 4. The summed E-state index contributed by atoms with van der Waals surface area (Å²) in [7, 11) is 0. The standard InChI is InChI=1S/C15H18N2O2/c1-2-7-14-13(6-1)15(17-19-14)18-12-8-10-4-3-5-11(9-12)16-10/h1-2,6-7,10-12,16H,3-5,8-9H2/t10-,11+,12-. The summed E-state index contributed by atoms with van der Waals surface area (Å²) >= 11 is 0. The molecule has 3 atom stereocenters. The van der Waals surface area contributed by atoms with Crippen LogP contribution in [0.4, 0.5) is 0 Å². The van der Waals surface area contributed by atoms with Crippen molar-refractivity contribution in [2.45, 2.75) is 50.3 Å². The van der Waals surface area contributed by atoms with Gasteiger partial charge in [-0.25, -0.2) is 0 Å². The van der Waals surface area contributed by atoms with Crippen LogP contribution in [0.1, 0.15) is 32.1 Å². The van der Waals surface area contributed by atoms with Gasteiger partial charge in [-0.2, -0.15) is 0 Å². The molecular weight excluding hydrogens is 240 g/mol. The summed E-state index contributed by atoms with van der Waals surface area (Å²) in [5.74, 6) is 0.653. The van der Waals surface area contributed by atoms with Crippen LogP contribution in [0.15, 0.2) is 28.8 Å². The van der Waals surface area contributed by atoms with E-state index < -0.39 is 0 Å². The predicted octanol–water partition coefficient (Wildman–Crippen LogP) is 2.88. The van der Waals surface area contributed by atoms with Crippen LogP contribution >= 0.6 is 0 Å². The van der Waals surface area contributed by atoms with Crippen LogP contribution in [0.3, 0.4) is 0 Å². The lowest BCUT2D eigenvalue weighted by Crippen LogP contribution is -2.51. The van der Waals surface area contributed by atoms with Gasteiger partial charge >= 0.3 is 0 Å². The van der Waals surface area contributed by atoms with Gasteiger partial charge in [0.15, 0.2) is 5.58 Å². The number of para-hydroxylation sites is 1. The number of rotatable bonds is 2. The maximum Gasteiger partial charge on any atom is 0.262 e. The van der Waals surface area contributed by atoms with Gasteiger partial charge in [0.05, 0.1) is 5.39 Å². The third-order valence-corrected chi connectivity index (χ3v) is 4.29. The molecule has 1 aromatic carbocycles. The second-order valence-corrected chi connectivity index (χ2v) is 5.69. The molecule has 2 aliphatic rings. The van der Waals surface area contributed by atoms with Crippen molar-refractivity contribution in [3.63, 3.8) is 0 Å². The Bertz CT molecular complexity index is 568. The number of nitrogens with one attached hydrogen (secondary N) is 1. The molecule has 4 heteroatoms. The maximum absolute atomic E-state index is 6.10. The van der Waals surface area contributed by atoms with E-state index >= 15 is 0 Å². The quantitative estimate of drug-likeness (QED) is 0.899. The maximum atomic E-state index is 6.10. The van der Waals surface area contributed by atoms with Crippen LogP contribution in [0, 0.1) is 0 Å². The summed E-state index contributed by atoms with van der Waals surface area (Å²) < 4.78 is 11.4. The monoisotopic (exact) mass is 258 g/mol. The summed E-state index contributed by atoms with van der Waals surface area (Å²) in [6.07, 6.45) is 6.33. The highest BCUT2D eigenvalue weighted by molar-refractivity contribution is 5.81. The van der Waals surface area contributed by atoms with Crippen molar-refractivity contribution in [3.8, 4) is 5.88 Å². The molecule has 0 saturated carbocycles. The molecule has 1 aromatic heterocycles. The molecule has 2 fully saturated rings. The zero-order chi connectivity index (χ0) is 12.7. The first-order valence-electron chi connectivity index (χ1n) is 7.15. The highest BCUT2D eigenvalue weighted by atomic mass is 16.5. The summed E-state index contributed by atoms with van der Waals surface area (Å²) in [5.41, 5.74) is 0.798. The van der Waals surface area contributed by atoms with E-state index in [1.165, 1.54) is 19.3 Å². The minimum Gasteiger partial charge on any atom is -0.472 e. The van der Waals surface area contributed by atoms with E-state index in [0.29, 0.717) is 18.0 Å². The Labute approximate surface area is 112 Å². The van der Waals surface area contributed by atoms with E-state index in [4.69, 9.17) is 9.26 Å². The summed E-state index contributed by atoms with van der Waals surface area (Å²) in [6.45, 7) is 0. The average Bonchev–Trinajstić information content (AvgIpc) is 2.82. The van der Waals surface area contributed by atoms with Crippen molar-refractivity contribution >= 4 is 11.0 Å². The molecule has 100 valence electrons. The van der Waals surface area contributed by atoms with Gasteiger partial charge < -0.3 is 14.6 Å². The molecule has 2 bridgehead atoms. The minimum atomic E-state index is 0.269. The van der Waals surface area contributed by atoms with Crippen LogP contribution in [0.5, 0.6) is 5.88 Å². The van der Waals surface area contributed by atoms with Crippen LogP contribution < -0.4 is 10.1 Å². The largest absolute Gasteiger partial charge is 0.472 e. The Kier molecular flexibility index (Phi) is 2.69. The van der Waals surface area contributed by atoms with Crippen molar-refractivity contribution in [3.05, 3.63) is 24.3 Å². The van der Waals surface area contributed by atoms with Gasteiger partial charge in [0.25, 0.3) is 5.88 Å². The van der Waals surface area contributed by atoms with Crippen molar-refractivity contribution < 1.29 is 9.26 Å². The molecule has 0 spiro atoms. The Morgan fingerprint density at radius 1 is 1.16 bits per heavy atom. The van der Waals surface area contributed by atoms with Crippen LogP contribution in [0.2, 0.25) is 0 Å². The van der Waals surface area contributed by atoms with E-state index in [1.54, 1.807) is 0 Å². The molecule has 1 N–H and O–H groups in total. The lowest BCUT2D eigenvalue weighted by Gasteiger charge is -2.39. The number of aromatic nitrogens is 1. The summed E-state index contributed by atoms with van der Waals surface area (Å²) in [4.78, 5) is 0. The zero-order valence-electron chi connectivity index (χ0n) is 10.8. The first-order chi connectivity index (χ1) is 9.38. The lowest BCUT2D eigenvalue weighted by atomic mass is 9.85. The van der Waals surface area contributed by atoms with Gasteiger partial charge in [0.2, 0.25) is 0 Å². The Morgan fingerprint density at radius 3 is 2.79 bits per heavy atom. The molecule has 0 radical (unpaired) electrons. The number of ether oxygens (including phenoxy) is 1. The van der Waals surface area contributed by atoms with E-state index in [-0.39, 0.29) is 6.10 Å². The first-order valence-corrected chi connectivity index (χ1v) is 7.15. The van der Waals surface area contributed by atoms with Crippen molar-refractivity contribution in [1.29, 1.82) is 0 Å². The van der Waals surface area contributed by atoms with Gasteiger partial charge in [-0.1, -0.05) is 18.6 Å². The molecule has 3 heterocycles. The first kappa shape index (κ1) is 11.3. The molecule has 2 saturated heterocycles. The minimum absolute atomic E-state index is 0.269. The van der Waals surface area contributed by atoms with Crippen molar-refractivity contribution in [2.24, 2.45) is 0 Å².